The van der Waals surface area contributed by atoms with Crippen molar-refractivity contribution in [2.45, 2.75) is 20.8 Å². The zero-order valence-corrected chi connectivity index (χ0v) is 10.00. The molecule has 0 saturated heterocycles. The zero-order valence-electron chi connectivity index (χ0n) is 10.00. The second kappa shape index (κ2) is 4.84. The topological polar surface area (TPSA) is 46.5 Å². The average Bonchev–Trinajstić information content (AvgIpc) is 2.21. The maximum Gasteiger partial charge on any atom is 0.328 e. The number of hydrogen-bond donors (Lipinski definition) is 1. The number of hydrogen-bond acceptors (Lipinski definition) is 2. The summed E-state index contributed by atoms with van der Waals surface area (Å²) in [5, 5.41) is 8.63. The number of ether oxygens (including phenoxy) is 1. The van der Waals surface area contributed by atoms with Gasteiger partial charge in [0.2, 0.25) is 0 Å². The van der Waals surface area contributed by atoms with E-state index in [9.17, 15) is 4.79 Å². The molecular formula is C13H16O3. The van der Waals surface area contributed by atoms with Crippen molar-refractivity contribution in [2.24, 2.45) is 0 Å². The maximum absolute atomic E-state index is 10.5. The number of methoxy groups -OCH3 is 1. The summed E-state index contributed by atoms with van der Waals surface area (Å²) in [6, 6.07) is 2.03. The molecule has 0 aliphatic carbocycles. The highest BCUT2D eigenvalue weighted by atomic mass is 16.5. The lowest BCUT2D eigenvalue weighted by Gasteiger charge is -2.13. The molecule has 0 aliphatic rings. The summed E-state index contributed by atoms with van der Waals surface area (Å²) in [7, 11) is 1.60. The molecule has 0 aromatic heterocycles. The first kappa shape index (κ1) is 12.3. The molecule has 1 N–H and O–H groups in total. The van der Waals surface area contributed by atoms with E-state index in [1.165, 1.54) is 0 Å². The van der Waals surface area contributed by atoms with E-state index in [4.69, 9.17) is 9.84 Å². The monoisotopic (exact) mass is 220 g/mol. The van der Waals surface area contributed by atoms with Crippen LogP contribution in [0.4, 0.5) is 0 Å². The van der Waals surface area contributed by atoms with Crippen LogP contribution in [0.25, 0.3) is 6.08 Å². The molecule has 1 rings (SSSR count). The fourth-order valence-corrected chi connectivity index (χ4v) is 1.70. The highest BCUT2D eigenvalue weighted by Gasteiger charge is 2.09. The molecule has 0 bridgehead atoms. The number of rotatable bonds is 3. The van der Waals surface area contributed by atoms with E-state index >= 15 is 0 Å². The third-order valence-electron chi connectivity index (χ3n) is 2.63. The van der Waals surface area contributed by atoms with E-state index in [1.54, 1.807) is 13.2 Å². The third-order valence-corrected chi connectivity index (χ3v) is 2.63. The number of aliphatic carboxylic acids is 1. The first-order valence-electron chi connectivity index (χ1n) is 5.03. The Morgan fingerprint density at radius 1 is 1.31 bits per heavy atom. The van der Waals surface area contributed by atoms with E-state index in [2.05, 4.69) is 0 Å². The average molecular weight is 220 g/mol. The molecule has 3 nitrogen and oxygen atoms in total. The highest BCUT2D eigenvalue weighted by molar-refractivity contribution is 5.86. The Labute approximate surface area is 95.4 Å². The van der Waals surface area contributed by atoms with Crippen LogP contribution in [0.5, 0.6) is 5.75 Å². The Morgan fingerprint density at radius 3 is 2.44 bits per heavy atom. The van der Waals surface area contributed by atoms with Gasteiger partial charge in [0.15, 0.2) is 0 Å². The van der Waals surface area contributed by atoms with Crippen molar-refractivity contribution in [2.75, 3.05) is 7.11 Å². The molecular weight excluding hydrogens is 204 g/mol. The Balaban J connectivity index is 3.37. The normalized spacial score (nSPS) is 10.8. The Morgan fingerprint density at radius 2 is 1.94 bits per heavy atom. The Bertz CT molecular complexity index is 445. The maximum atomic E-state index is 10.5. The van der Waals surface area contributed by atoms with Gasteiger partial charge in [-0.05, 0) is 43.5 Å². The summed E-state index contributed by atoms with van der Waals surface area (Å²) >= 11 is 0. The Kier molecular flexibility index (Phi) is 3.72. The van der Waals surface area contributed by atoms with Crippen LogP contribution in [0.2, 0.25) is 0 Å². The van der Waals surface area contributed by atoms with Crippen LogP contribution in [0.1, 0.15) is 22.3 Å². The van der Waals surface area contributed by atoms with Gasteiger partial charge in [-0.3, -0.25) is 0 Å². The zero-order chi connectivity index (χ0) is 12.3. The van der Waals surface area contributed by atoms with E-state index in [0.717, 1.165) is 34.1 Å². The fourth-order valence-electron chi connectivity index (χ4n) is 1.70. The molecule has 16 heavy (non-hydrogen) atoms. The molecule has 0 saturated carbocycles. The van der Waals surface area contributed by atoms with Gasteiger partial charge in [-0.25, -0.2) is 4.79 Å². The van der Waals surface area contributed by atoms with Crippen molar-refractivity contribution in [3.63, 3.8) is 0 Å². The fraction of sp³-hybridized carbons (Fsp3) is 0.308. The molecule has 0 heterocycles. The first-order chi connectivity index (χ1) is 7.47. The summed E-state index contributed by atoms with van der Waals surface area (Å²) < 4.78 is 5.33. The van der Waals surface area contributed by atoms with Gasteiger partial charge in [0.1, 0.15) is 5.75 Å². The van der Waals surface area contributed by atoms with E-state index in [1.807, 2.05) is 26.8 Å². The van der Waals surface area contributed by atoms with Crippen LogP contribution in [-0.2, 0) is 4.79 Å². The van der Waals surface area contributed by atoms with Crippen molar-refractivity contribution >= 4 is 12.0 Å². The van der Waals surface area contributed by atoms with Crippen molar-refractivity contribution in [1.29, 1.82) is 0 Å². The molecule has 1 aromatic carbocycles. The van der Waals surface area contributed by atoms with Crippen LogP contribution in [0, 0.1) is 20.8 Å². The largest absolute Gasteiger partial charge is 0.496 e. The lowest BCUT2D eigenvalue weighted by Crippen LogP contribution is -1.97. The number of aryl methyl sites for hydroxylation is 2. The van der Waals surface area contributed by atoms with Gasteiger partial charge in [-0.1, -0.05) is 6.07 Å². The minimum Gasteiger partial charge on any atom is -0.496 e. The molecule has 0 aliphatic heterocycles. The lowest BCUT2D eigenvalue weighted by molar-refractivity contribution is -0.131. The van der Waals surface area contributed by atoms with Crippen molar-refractivity contribution in [3.05, 3.63) is 34.4 Å². The van der Waals surface area contributed by atoms with Gasteiger partial charge in [0.25, 0.3) is 0 Å². The number of carboxylic acid groups (broad SMARTS) is 1. The lowest BCUT2D eigenvalue weighted by atomic mass is 9.98. The highest BCUT2D eigenvalue weighted by Crippen LogP contribution is 2.30. The predicted octanol–water partition coefficient (Wildman–Crippen LogP) is 2.72. The van der Waals surface area contributed by atoms with Crippen LogP contribution < -0.4 is 4.74 Å². The molecule has 0 amide bonds. The first-order valence-corrected chi connectivity index (χ1v) is 5.03. The van der Waals surface area contributed by atoms with Gasteiger partial charge in [-0.15, -0.1) is 0 Å². The molecule has 0 spiro atoms. The Hall–Kier alpha value is -1.77. The summed E-state index contributed by atoms with van der Waals surface area (Å²) in [6.45, 7) is 5.91. The van der Waals surface area contributed by atoms with E-state index < -0.39 is 5.97 Å². The standard InChI is InChI=1S/C13H16O3/c1-8-7-9(2)11(5-6-12(14)15)13(16-4)10(8)3/h5-7H,1-4H3,(H,14,15)/b6-5+. The number of carboxylic acids is 1. The minimum atomic E-state index is -0.959. The van der Waals surface area contributed by atoms with Gasteiger partial charge in [0, 0.05) is 11.6 Å². The third kappa shape index (κ3) is 2.42. The quantitative estimate of drug-likeness (QED) is 0.797. The van der Waals surface area contributed by atoms with Crippen molar-refractivity contribution in [3.8, 4) is 5.75 Å². The second-order valence-corrected chi connectivity index (χ2v) is 3.75. The number of carbonyl (C=O) groups is 1. The molecule has 0 radical (unpaired) electrons. The van der Waals surface area contributed by atoms with Gasteiger partial charge >= 0.3 is 5.97 Å². The molecule has 0 atom stereocenters. The van der Waals surface area contributed by atoms with Crippen molar-refractivity contribution in [1.82, 2.24) is 0 Å². The van der Waals surface area contributed by atoms with Crippen LogP contribution >= 0.6 is 0 Å². The molecule has 0 unspecified atom stereocenters. The predicted molar refractivity (Wildman–Crippen MR) is 63.9 cm³/mol. The van der Waals surface area contributed by atoms with E-state index in [-0.39, 0.29) is 0 Å². The summed E-state index contributed by atoms with van der Waals surface area (Å²) in [5.41, 5.74) is 4.02. The van der Waals surface area contributed by atoms with Crippen molar-refractivity contribution < 1.29 is 14.6 Å². The molecule has 3 heteroatoms. The SMILES string of the molecule is COc1c(C)c(C)cc(C)c1/C=C/C(=O)O. The second-order valence-electron chi connectivity index (χ2n) is 3.75. The van der Waals surface area contributed by atoms with Crippen LogP contribution in [0.15, 0.2) is 12.1 Å². The van der Waals surface area contributed by atoms with Crippen LogP contribution in [0.3, 0.4) is 0 Å². The molecule has 0 fully saturated rings. The molecule has 1 aromatic rings. The summed E-state index contributed by atoms with van der Waals surface area (Å²) in [5.74, 6) is -0.213. The van der Waals surface area contributed by atoms with Gasteiger partial charge < -0.3 is 9.84 Å². The van der Waals surface area contributed by atoms with Crippen LogP contribution in [-0.4, -0.2) is 18.2 Å². The van der Waals surface area contributed by atoms with Gasteiger partial charge in [0.05, 0.1) is 7.11 Å². The summed E-state index contributed by atoms with van der Waals surface area (Å²) in [4.78, 5) is 10.5. The number of benzene rings is 1. The summed E-state index contributed by atoms with van der Waals surface area (Å²) in [6.07, 6.45) is 2.70. The van der Waals surface area contributed by atoms with Gasteiger partial charge in [-0.2, -0.15) is 0 Å². The smallest absolute Gasteiger partial charge is 0.328 e. The minimum absolute atomic E-state index is 0.745. The molecule has 86 valence electrons. The van der Waals surface area contributed by atoms with E-state index in [0.29, 0.717) is 0 Å².